The number of rotatable bonds is 3. The molecule has 3 N–H and O–H groups in total. The zero-order chi connectivity index (χ0) is 18.3. The van der Waals surface area contributed by atoms with Crippen LogP contribution in [0.15, 0.2) is 42.9 Å². The molecule has 0 aliphatic carbocycles. The van der Waals surface area contributed by atoms with Gasteiger partial charge in [0, 0.05) is 29.2 Å². The highest BCUT2D eigenvalue weighted by molar-refractivity contribution is 6.31. The van der Waals surface area contributed by atoms with Gasteiger partial charge in [0.25, 0.3) is 5.91 Å². The van der Waals surface area contributed by atoms with Crippen LogP contribution < -0.4 is 5.32 Å². The molecule has 1 amide bonds. The SMILES string of the molecule is CNC(=O)c1cc(-c2ncnc3[nH]ccc23)[nH]c1-c1cc(Cl)ccc1C. The number of nitrogens with one attached hydrogen (secondary N) is 3. The van der Waals surface area contributed by atoms with E-state index in [1.807, 2.05) is 43.5 Å². The summed E-state index contributed by atoms with van der Waals surface area (Å²) < 4.78 is 0. The Hall–Kier alpha value is -3.12. The molecule has 3 heterocycles. The lowest BCUT2D eigenvalue weighted by molar-refractivity contribution is 0.0964. The number of aromatic nitrogens is 4. The topological polar surface area (TPSA) is 86.5 Å². The Morgan fingerprint density at radius 1 is 1.19 bits per heavy atom. The lowest BCUT2D eigenvalue weighted by Crippen LogP contribution is -2.18. The van der Waals surface area contributed by atoms with Crippen LogP contribution in [0.4, 0.5) is 0 Å². The molecule has 0 saturated carbocycles. The fourth-order valence-electron chi connectivity index (χ4n) is 3.06. The number of fused-ring (bicyclic) bond motifs is 1. The first-order valence-corrected chi connectivity index (χ1v) is 8.46. The second-order valence-corrected chi connectivity index (χ2v) is 6.41. The zero-order valence-corrected chi connectivity index (χ0v) is 15.0. The van der Waals surface area contributed by atoms with Crippen LogP contribution in [0.1, 0.15) is 15.9 Å². The van der Waals surface area contributed by atoms with Crippen LogP contribution in [0, 0.1) is 6.92 Å². The van der Waals surface area contributed by atoms with E-state index in [0.29, 0.717) is 16.3 Å². The van der Waals surface area contributed by atoms with Gasteiger partial charge in [-0.25, -0.2) is 9.97 Å². The first kappa shape index (κ1) is 16.4. The molecule has 0 atom stereocenters. The number of carbonyl (C=O) groups is 1. The highest BCUT2D eigenvalue weighted by atomic mass is 35.5. The molecule has 0 unspecified atom stereocenters. The average molecular weight is 366 g/mol. The molecule has 6 nitrogen and oxygen atoms in total. The van der Waals surface area contributed by atoms with E-state index < -0.39 is 0 Å². The highest BCUT2D eigenvalue weighted by Gasteiger charge is 2.20. The lowest BCUT2D eigenvalue weighted by atomic mass is 10.0. The van der Waals surface area contributed by atoms with Crippen molar-refractivity contribution in [2.24, 2.45) is 0 Å². The van der Waals surface area contributed by atoms with Crippen LogP contribution in [0.3, 0.4) is 0 Å². The molecule has 4 aromatic rings. The third-order valence-electron chi connectivity index (χ3n) is 4.37. The van der Waals surface area contributed by atoms with Crippen LogP contribution in [-0.4, -0.2) is 32.9 Å². The summed E-state index contributed by atoms with van der Waals surface area (Å²) in [6, 6.07) is 9.34. The Kier molecular flexibility index (Phi) is 3.97. The summed E-state index contributed by atoms with van der Waals surface area (Å²) in [6.07, 6.45) is 3.31. The lowest BCUT2D eigenvalue weighted by Gasteiger charge is -2.07. The molecular weight excluding hydrogens is 350 g/mol. The van der Waals surface area contributed by atoms with E-state index in [4.69, 9.17) is 11.6 Å². The Bertz CT molecular complexity index is 1130. The van der Waals surface area contributed by atoms with E-state index in [-0.39, 0.29) is 5.91 Å². The number of aryl methyl sites for hydroxylation is 1. The first-order valence-electron chi connectivity index (χ1n) is 8.08. The summed E-state index contributed by atoms with van der Waals surface area (Å²) >= 11 is 6.18. The second kappa shape index (κ2) is 6.31. The summed E-state index contributed by atoms with van der Waals surface area (Å²) in [6.45, 7) is 1.98. The van der Waals surface area contributed by atoms with Gasteiger partial charge in [0.2, 0.25) is 0 Å². The van der Waals surface area contributed by atoms with Gasteiger partial charge in [-0.05, 0) is 36.8 Å². The number of halogens is 1. The zero-order valence-electron chi connectivity index (χ0n) is 14.2. The molecule has 0 aliphatic heterocycles. The van der Waals surface area contributed by atoms with Gasteiger partial charge in [0.15, 0.2) is 0 Å². The minimum Gasteiger partial charge on any atom is -0.355 e. The van der Waals surface area contributed by atoms with Gasteiger partial charge < -0.3 is 15.3 Å². The third kappa shape index (κ3) is 2.64. The molecule has 0 bridgehead atoms. The van der Waals surface area contributed by atoms with Gasteiger partial charge in [-0.2, -0.15) is 0 Å². The van der Waals surface area contributed by atoms with Crippen molar-refractivity contribution in [2.75, 3.05) is 7.05 Å². The van der Waals surface area contributed by atoms with Crippen molar-refractivity contribution in [3.05, 3.63) is 59.0 Å². The van der Waals surface area contributed by atoms with Crippen molar-refractivity contribution in [3.8, 4) is 22.6 Å². The Morgan fingerprint density at radius 3 is 2.85 bits per heavy atom. The van der Waals surface area contributed by atoms with Crippen LogP contribution in [-0.2, 0) is 0 Å². The number of H-pyrrole nitrogens is 2. The van der Waals surface area contributed by atoms with Crippen molar-refractivity contribution >= 4 is 28.5 Å². The van der Waals surface area contributed by atoms with Crippen molar-refractivity contribution in [2.45, 2.75) is 6.92 Å². The maximum atomic E-state index is 12.5. The summed E-state index contributed by atoms with van der Waals surface area (Å²) in [4.78, 5) is 27.5. The van der Waals surface area contributed by atoms with Crippen molar-refractivity contribution < 1.29 is 4.79 Å². The largest absolute Gasteiger partial charge is 0.355 e. The van der Waals surface area contributed by atoms with Crippen LogP contribution >= 0.6 is 11.6 Å². The molecule has 0 radical (unpaired) electrons. The maximum Gasteiger partial charge on any atom is 0.253 e. The van der Waals surface area contributed by atoms with Crippen molar-refractivity contribution in [3.63, 3.8) is 0 Å². The van der Waals surface area contributed by atoms with E-state index in [9.17, 15) is 4.79 Å². The Morgan fingerprint density at radius 2 is 2.04 bits per heavy atom. The fraction of sp³-hybridized carbons (Fsp3) is 0.105. The number of hydrogen-bond donors (Lipinski definition) is 3. The van der Waals surface area contributed by atoms with Gasteiger partial charge in [0.05, 0.1) is 22.6 Å². The second-order valence-electron chi connectivity index (χ2n) is 5.97. The molecular formula is C19H16ClN5O. The molecule has 130 valence electrons. The highest BCUT2D eigenvalue weighted by Crippen LogP contribution is 2.33. The van der Waals surface area contributed by atoms with Crippen LogP contribution in [0.5, 0.6) is 0 Å². The molecule has 26 heavy (non-hydrogen) atoms. The molecule has 0 fully saturated rings. The summed E-state index contributed by atoms with van der Waals surface area (Å²) in [7, 11) is 1.61. The fourth-order valence-corrected chi connectivity index (χ4v) is 3.23. The molecule has 0 saturated heterocycles. The standard InChI is InChI=1S/C19H16ClN5O/c1-10-3-4-11(20)7-13(10)16-14(19(26)21-2)8-15(25-16)17-12-5-6-22-18(12)24-9-23-17/h3-9,25H,1-2H3,(H,21,26)(H,22,23,24). The van der Waals surface area contributed by atoms with Crippen LogP contribution in [0.2, 0.25) is 5.02 Å². The maximum absolute atomic E-state index is 12.5. The smallest absolute Gasteiger partial charge is 0.253 e. The van der Waals surface area contributed by atoms with Gasteiger partial charge >= 0.3 is 0 Å². The van der Waals surface area contributed by atoms with E-state index in [0.717, 1.165) is 33.5 Å². The van der Waals surface area contributed by atoms with Crippen LogP contribution in [0.25, 0.3) is 33.7 Å². The molecule has 0 aliphatic rings. The predicted octanol–water partition coefficient (Wildman–Crippen LogP) is 3.94. The third-order valence-corrected chi connectivity index (χ3v) is 4.60. The van der Waals surface area contributed by atoms with Gasteiger partial charge in [-0.3, -0.25) is 4.79 Å². The Labute approximate surface area is 154 Å². The monoisotopic (exact) mass is 365 g/mol. The number of aromatic amines is 2. The van der Waals surface area contributed by atoms with E-state index in [1.165, 1.54) is 6.33 Å². The van der Waals surface area contributed by atoms with Gasteiger partial charge in [-0.1, -0.05) is 17.7 Å². The number of amides is 1. The normalized spacial score (nSPS) is 11.0. The number of benzene rings is 1. The number of hydrogen-bond acceptors (Lipinski definition) is 3. The van der Waals surface area contributed by atoms with E-state index in [2.05, 4.69) is 25.3 Å². The molecule has 7 heteroatoms. The number of carbonyl (C=O) groups excluding carboxylic acids is 1. The summed E-state index contributed by atoms with van der Waals surface area (Å²) in [5.41, 5.74) is 5.35. The predicted molar refractivity (Wildman–Crippen MR) is 102 cm³/mol. The molecule has 1 aromatic carbocycles. The first-order chi connectivity index (χ1) is 12.6. The van der Waals surface area contributed by atoms with E-state index in [1.54, 1.807) is 7.05 Å². The number of nitrogens with zero attached hydrogens (tertiary/aromatic N) is 2. The summed E-state index contributed by atoms with van der Waals surface area (Å²) in [5.74, 6) is -0.179. The quantitative estimate of drug-likeness (QED) is 0.514. The molecule has 4 rings (SSSR count). The average Bonchev–Trinajstić information content (AvgIpc) is 3.29. The Balaban J connectivity index is 1.96. The molecule has 0 spiro atoms. The summed E-state index contributed by atoms with van der Waals surface area (Å²) in [5, 5.41) is 4.18. The minimum atomic E-state index is -0.179. The minimum absolute atomic E-state index is 0.179. The molecule has 3 aromatic heterocycles. The van der Waals surface area contributed by atoms with Gasteiger partial charge in [-0.15, -0.1) is 0 Å². The van der Waals surface area contributed by atoms with Gasteiger partial charge in [0.1, 0.15) is 12.0 Å². The van der Waals surface area contributed by atoms with E-state index >= 15 is 0 Å². The van der Waals surface area contributed by atoms with Crippen molar-refractivity contribution in [1.29, 1.82) is 0 Å². The van der Waals surface area contributed by atoms with Crippen molar-refractivity contribution in [1.82, 2.24) is 25.3 Å².